The van der Waals surface area contributed by atoms with Crippen LogP contribution >= 0.6 is 27.5 Å². The predicted molar refractivity (Wildman–Crippen MR) is 57.8 cm³/mol. The fourth-order valence-electron chi connectivity index (χ4n) is 1.04. The zero-order valence-electron chi connectivity index (χ0n) is 7.00. The molecule has 0 aliphatic rings. The molecule has 0 fully saturated rings. The Bertz CT molecular complexity index is 293. The Morgan fingerprint density at radius 1 is 1.54 bits per heavy atom. The summed E-state index contributed by atoms with van der Waals surface area (Å²) in [5, 5.41) is 10.2. The number of nitrogens with two attached hydrogens (primary N) is 1. The second kappa shape index (κ2) is 4.96. The second-order valence-electron chi connectivity index (χ2n) is 2.77. The van der Waals surface area contributed by atoms with Crippen LogP contribution < -0.4 is 5.73 Å². The SMILES string of the molecule is NCCC(O)c1ccc(Cl)c(Br)c1. The second-order valence-corrected chi connectivity index (χ2v) is 4.03. The highest BCUT2D eigenvalue weighted by molar-refractivity contribution is 9.10. The molecule has 1 unspecified atom stereocenters. The normalized spacial score (nSPS) is 12.9. The van der Waals surface area contributed by atoms with Crippen LogP contribution in [0.3, 0.4) is 0 Å². The summed E-state index contributed by atoms with van der Waals surface area (Å²) < 4.78 is 0.794. The van der Waals surface area contributed by atoms with Gasteiger partial charge >= 0.3 is 0 Å². The van der Waals surface area contributed by atoms with Crippen molar-refractivity contribution in [1.29, 1.82) is 0 Å². The Morgan fingerprint density at radius 3 is 2.77 bits per heavy atom. The third-order valence-corrected chi connectivity index (χ3v) is 2.98. The maximum absolute atomic E-state index is 9.59. The van der Waals surface area contributed by atoms with Gasteiger partial charge in [-0.1, -0.05) is 17.7 Å². The van der Waals surface area contributed by atoms with Crippen molar-refractivity contribution in [3.05, 3.63) is 33.3 Å². The van der Waals surface area contributed by atoms with Gasteiger partial charge in [0.2, 0.25) is 0 Å². The summed E-state index contributed by atoms with van der Waals surface area (Å²) in [6.07, 6.45) is 0.0622. The summed E-state index contributed by atoms with van der Waals surface area (Å²) in [6, 6.07) is 5.36. The van der Waals surface area contributed by atoms with Gasteiger partial charge in [-0.25, -0.2) is 0 Å². The van der Waals surface area contributed by atoms with Gasteiger partial charge in [0, 0.05) is 4.47 Å². The Kier molecular flexibility index (Phi) is 4.19. The molecule has 0 radical (unpaired) electrons. The summed E-state index contributed by atoms with van der Waals surface area (Å²) in [7, 11) is 0. The summed E-state index contributed by atoms with van der Waals surface area (Å²) >= 11 is 9.10. The van der Waals surface area contributed by atoms with Gasteiger partial charge in [0.15, 0.2) is 0 Å². The van der Waals surface area contributed by atoms with E-state index in [9.17, 15) is 5.11 Å². The Morgan fingerprint density at radius 2 is 2.23 bits per heavy atom. The van der Waals surface area contributed by atoms with Crippen LogP contribution in [0.5, 0.6) is 0 Å². The Balaban J connectivity index is 2.84. The van der Waals surface area contributed by atoms with Crippen LogP contribution in [-0.4, -0.2) is 11.7 Å². The predicted octanol–water partition coefficient (Wildman–Crippen LogP) is 2.48. The van der Waals surface area contributed by atoms with Gasteiger partial charge in [-0.2, -0.15) is 0 Å². The summed E-state index contributed by atoms with van der Waals surface area (Å²) in [5.41, 5.74) is 6.17. The van der Waals surface area contributed by atoms with Gasteiger partial charge in [-0.15, -0.1) is 0 Å². The van der Waals surface area contributed by atoms with Crippen LogP contribution in [0.1, 0.15) is 18.1 Å². The smallest absolute Gasteiger partial charge is 0.0802 e. The van der Waals surface area contributed by atoms with Gasteiger partial charge in [-0.3, -0.25) is 0 Å². The molecule has 1 atom stereocenters. The zero-order valence-corrected chi connectivity index (χ0v) is 9.35. The lowest BCUT2D eigenvalue weighted by Gasteiger charge is -2.10. The molecule has 4 heteroatoms. The molecule has 0 aromatic heterocycles. The topological polar surface area (TPSA) is 46.2 Å². The lowest BCUT2D eigenvalue weighted by molar-refractivity contribution is 0.170. The summed E-state index contributed by atoms with van der Waals surface area (Å²) in [4.78, 5) is 0. The van der Waals surface area contributed by atoms with Gasteiger partial charge < -0.3 is 10.8 Å². The van der Waals surface area contributed by atoms with Gasteiger partial charge in [0.25, 0.3) is 0 Å². The number of halogens is 2. The van der Waals surface area contributed by atoms with Crippen molar-refractivity contribution in [1.82, 2.24) is 0 Å². The molecular weight excluding hydrogens is 253 g/mol. The molecule has 1 aromatic carbocycles. The first-order chi connectivity index (χ1) is 6.15. The van der Waals surface area contributed by atoms with Gasteiger partial charge in [0.1, 0.15) is 0 Å². The van der Waals surface area contributed by atoms with E-state index in [1.54, 1.807) is 12.1 Å². The fraction of sp³-hybridized carbons (Fsp3) is 0.333. The average molecular weight is 265 g/mol. The molecular formula is C9H11BrClNO. The third-order valence-electron chi connectivity index (χ3n) is 1.77. The molecule has 3 N–H and O–H groups in total. The first-order valence-corrected chi connectivity index (χ1v) is 5.15. The molecule has 0 aliphatic carbocycles. The number of hydrogen-bond donors (Lipinski definition) is 2. The molecule has 0 heterocycles. The quantitative estimate of drug-likeness (QED) is 0.881. The van der Waals surface area contributed by atoms with Crippen molar-refractivity contribution in [2.24, 2.45) is 5.73 Å². The minimum Gasteiger partial charge on any atom is -0.388 e. The monoisotopic (exact) mass is 263 g/mol. The van der Waals surface area contributed by atoms with E-state index in [-0.39, 0.29) is 0 Å². The summed E-state index contributed by atoms with van der Waals surface area (Å²) in [5.74, 6) is 0. The van der Waals surface area contributed by atoms with Crippen molar-refractivity contribution in [3.8, 4) is 0 Å². The van der Waals surface area contributed by atoms with Crippen LogP contribution in [0, 0.1) is 0 Å². The molecule has 1 aromatic rings. The van der Waals surface area contributed by atoms with E-state index in [2.05, 4.69) is 15.9 Å². The molecule has 0 saturated carbocycles. The molecule has 13 heavy (non-hydrogen) atoms. The van der Waals surface area contributed by atoms with Gasteiger partial charge in [0.05, 0.1) is 11.1 Å². The number of hydrogen-bond acceptors (Lipinski definition) is 2. The highest BCUT2D eigenvalue weighted by atomic mass is 79.9. The molecule has 72 valence electrons. The largest absolute Gasteiger partial charge is 0.388 e. The minimum atomic E-state index is -0.501. The van der Waals surface area contributed by atoms with E-state index in [4.69, 9.17) is 17.3 Å². The average Bonchev–Trinajstić information content (AvgIpc) is 2.10. The standard InChI is InChI=1S/C9H11BrClNO/c10-7-5-6(1-2-8(7)11)9(13)3-4-12/h1-2,5,9,13H,3-4,12H2. The van der Waals surface area contributed by atoms with Crippen LogP contribution in [0.25, 0.3) is 0 Å². The van der Waals surface area contributed by atoms with Gasteiger partial charge in [-0.05, 0) is 46.6 Å². The maximum Gasteiger partial charge on any atom is 0.0802 e. The lowest BCUT2D eigenvalue weighted by atomic mass is 10.1. The van der Waals surface area contributed by atoms with Crippen molar-refractivity contribution in [2.45, 2.75) is 12.5 Å². The number of aliphatic hydroxyl groups is 1. The third kappa shape index (κ3) is 2.95. The number of aliphatic hydroxyl groups excluding tert-OH is 1. The minimum absolute atomic E-state index is 0.474. The maximum atomic E-state index is 9.59. The molecule has 0 spiro atoms. The van der Waals surface area contributed by atoms with Crippen molar-refractivity contribution in [3.63, 3.8) is 0 Å². The van der Waals surface area contributed by atoms with E-state index >= 15 is 0 Å². The van der Waals surface area contributed by atoms with Crippen LogP contribution in [0.2, 0.25) is 5.02 Å². The lowest BCUT2D eigenvalue weighted by Crippen LogP contribution is -2.06. The Hall–Kier alpha value is -0.0900. The fourth-order valence-corrected chi connectivity index (χ4v) is 1.56. The first kappa shape index (κ1) is 11.0. The van der Waals surface area contributed by atoms with Crippen LogP contribution in [0.15, 0.2) is 22.7 Å². The molecule has 0 saturated heterocycles. The zero-order chi connectivity index (χ0) is 9.84. The molecule has 1 rings (SSSR count). The van der Waals surface area contributed by atoms with Crippen molar-refractivity contribution in [2.75, 3.05) is 6.54 Å². The highest BCUT2D eigenvalue weighted by Gasteiger charge is 2.07. The van der Waals surface area contributed by atoms with E-state index in [1.807, 2.05) is 6.07 Å². The van der Waals surface area contributed by atoms with E-state index in [1.165, 1.54) is 0 Å². The molecule has 0 bridgehead atoms. The number of benzene rings is 1. The molecule has 0 amide bonds. The number of rotatable bonds is 3. The molecule has 2 nitrogen and oxygen atoms in total. The van der Waals surface area contributed by atoms with Crippen molar-refractivity contribution < 1.29 is 5.11 Å². The Labute approximate surface area is 90.8 Å². The highest BCUT2D eigenvalue weighted by Crippen LogP contribution is 2.26. The van der Waals surface area contributed by atoms with E-state index in [0.29, 0.717) is 18.0 Å². The van der Waals surface area contributed by atoms with Crippen LogP contribution in [0.4, 0.5) is 0 Å². The van der Waals surface area contributed by atoms with Crippen LogP contribution in [-0.2, 0) is 0 Å². The first-order valence-electron chi connectivity index (χ1n) is 3.98. The molecule has 0 aliphatic heterocycles. The summed E-state index contributed by atoms with van der Waals surface area (Å²) in [6.45, 7) is 0.474. The van der Waals surface area contributed by atoms with E-state index < -0.39 is 6.10 Å². The van der Waals surface area contributed by atoms with Crippen molar-refractivity contribution >= 4 is 27.5 Å². The van der Waals surface area contributed by atoms with E-state index in [0.717, 1.165) is 10.0 Å².